The van der Waals surface area contributed by atoms with E-state index in [-0.39, 0.29) is 17.4 Å². The van der Waals surface area contributed by atoms with Crippen molar-refractivity contribution in [2.24, 2.45) is 5.41 Å². The smallest absolute Gasteiger partial charge is 0.239 e. The first-order valence-electron chi connectivity index (χ1n) is 10.1. The van der Waals surface area contributed by atoms with E-state index in [9.17, 15) is 9.59 Å². The molecule has 4 heterocycles. The molecule has 3 aliphatic rings. The molecule has 7 heteroatoms. The van der Waals surface area contributed by atoms with Crippen LogP contribution in [0.2, 0.25) is 0 Å². The topological polar surface area (TPSA) is 61.7 Å². The summed E-state index contributed by atoms with van der Waals surface area (Å²) in [5.74, 6) is 0.492. The number of carbonyl (C=O) groups excluding carboxylic acids is 2. The standard InChI is InChI=1S/C20H31N5O2/c1-15-10-16(2)25(21-15)9-6-18(26)24-13-20(14-24)11-17(22(3)12-20)19(27)23-7-4-5-8-23/h10,17H,4-9,11-14H2,1-3H3. The minimum Gasteiger partial charge on any atom is -0.341 e. The van der Waals surface area contributed by atoms with E-state index >= 15 is 0 Å². The molecule has 27 heavy (non-hydrogen) atoms. The molecule has 1 aromatic rings. The third-order valence-corrected chi connectivity index (χ3v) is 6.49. The molecular weight excluding hydrogens is 342 g/mol. The highest BCUT2D eigenvalue weighted by Gasteiger charge is 2.53. The summed E-state index contributed by atoms with van der Waals surface area (Å²) in [5, 5.41) is 4.43. The summed E-state index contributed by atoms with van der Waals surface area (Å²) in [7, 11) is 2.06. The molecule has 2 amide bonds. The van der Waals surface area contributed by atoms with Gasteiger partial charge in [-0.1, -0.05) is 0 Å². The highest BCUT2D eigenvalue weighted by atomic mass is 16.2. The number of amides is 2. The fourth-order valence-corrected chi connectivity index (χ4v) is 5.12. The molecule has 0 radical (unpaired) electrons. The van der Waals surface area contributed by atoms with Crippen LogP contribution in [0.15, 0.2) is 6.07 Å². The zero-order valence-corrected chi connectivity index (χ0v) is 16.8. The molecule has 148 valence electrons. The average molecular weight is 374 g/mol. The minimum atomic E-state index is -0.00458. The first-order chi connectivity index (χ1) is 12.9. The Morgan fingerprint density at radius 2 is 1.85 bits per heavy atom. The van der Waals surface area contributed by atoms with Gasteiger partial charge in [-0.15, -0.1) is 0 Å². The third kappa shape index (κ3) is 3.49. The predicted octanol–water partition coefficient (Wildman–Crippen LogP) is 1.05. The Labute approximate surface area is 161 Å². The van der Waals surface area contributed by atoms with Crippen LogP contribution in [0.3, 0.4) is 0 Å². The van der Waals surface area contributed by atoms with E-state index in [2.05, 4.69) is 17.0 Å². The van der Waals surface area contributed by atoms with Gasteiger partial charge in [0.05, 0.1) is 11.7 Å². The maximum absolute atomic E-state index is 12.8. The Balaban J connectivity index is 1.28. The Kier molecular flexibility index (Phi) is 4.74. The lowest BCUT2D eigenvalue weighted by Crippen LogP contribution is -2.59. The van der Waals surface area contributed by atoms with E-state index in [4.69, 9.17) is 0 Å². The van der Waals surface area contributed by atoms with Crippen LogP contribution < -0.4 is 0 Å². The second-order valence-electron chi connectivity index (χ2n) is 8.82. The highest BCUT2D eigenvalue weighted by Crippen LogP contribution is 2.42. The maximum atomic E-state index is 12.8. The van der Waals surface area contributed by atoms with Gasteiger partial charge in [0.15, 0.2) is 0 Å². The zero-order valence-electron chi connectivity index (χ0n) is 16.8. The molecule has 3 fully saturated rings. The first-order valence-corrected chi connectivity index (χ1v) is 10.1. The Bertz CT molecular complexity index is 731. The van der Waals surface area contributed by atoms with Gasteiger partial charge in [0.25, 0.3) is 0 Å². The highest BCUT2D eigenvalue weighted by molar-refractivity contribution is 5.83. The summed E-state index contributed by atoms with van der Waals surface area (Å²) in [5.41, 5.74) is 2.20. The van der Waals surface area contributed by atoms with Crippen molar-refractivity contribution in [3.63, 3.8) is 0 Å². The molecule has 1 spiro atoms. The van der Waals surface area contributed by atoms with Crippen molar-refractivity contribution < 1.29 is 9.59 Å². The average Bonchev–Trinajstić information content (AvgIpc) is 3.30. The maximum Gasteiger partial charge on any atom is 0.239 e. The van der Waals surface area contributed by atoms with Gasteiger partial charge in [-0.25, -0.2) is 0 Å². The molecule has 1 aromatic heterocycles. The number of likely N-dealkylation sites (N-methyl/N-ethyl adjacent to an activating group) is 1. The quantitative estimate of drug-likeness (QED) is 0.791. The van der Waals surface area contributed by atoms with Gasteiger partial charge in [-0.3, -0.25) is 19.2 Å². The third-order valence-electron chi connectivity index (χ3n) is 6.49. The second-order valence-corrected chi connectivity index (χ2v) is 8.82. The number of likely N-dealkylation sites (tertiary alicyclic amines) is 3. The van der Waals surface area contributed by atoms with Crippen LogP contribution in [-0.2, 0) is 16.1 Å². The van der Waals surface area contributed by atoms with Gasteiger partial charge < -0.3 is 9.80 Å². The van der Waals surface area contributed by atoms with Crippen LogP contribution in [0.25, 0.3) is 0 Å². The Morgan fingerprint density at radius 1 is 1.15 bits per heavy atom. The molecule has 4 rings (SSSR count). The number of hydrogen-bond acceptors (Lipinski definition) is 4. The molecule has 0 bridgehead atoms. The van der Waals surface area contributed by atoms with Gasteiger partial charge in [0, 0.05) is 56.8 Å². The number of aromatic nitrogens is 2. The zero-order chi connectivity index (χ0) is 19.2. The Morgan fingerprint density at radius 3 is 2.48 bits per heavy atom. The summed E-state index contributed by atoms with van der Waals surface area (Å²) < 4.78 is 1.91. The molecule has 7 nitrogen and oxygen atoms in total. The predicted molar refractivity (Wildman–Crippen MR) is 102 cm³/mol. The van der Waals surface area contributed by atoms with Crippen LogP contribution in [-0.4, -0.2) is 82.1 Å². The van der Waals surface area contributed by atoms with E-state index in [0.717, 1.165) is 63.4 Å². The van der Waals surface area contributed by atoms with Gasteiger partial charge in [0.1, 0.15) is 0 Å². The van der Waals surface area contributed by atoms with E-state index in [1.807, 2.05) is 34.4 Å². The van der Waals surface area contributed by atoms with Gasteiger partial charge >= 0.3 is 0 Å². The lowest BCUT2D eigenvalue weighted by molar-refractivity contribution is -0.143. The molecule has 1 atom stereocenters. The van der Waals surface area contributed by atoms with Crippen molar-refractivity contribution in [3.8, 4) is 0 Å². The molecule has 0 saturated carbocycles. The molecule has 1 unspecified atom stereocenters. The van der Waals surface area contributed by atoms with Gasteiger partial charge in [-0.2, -0.15) is 5.10 Å². The van der Waals surface area contributed by atoms with Crippen molar-refractivity contribution in [2.45, 2.75) is 52.1 Å². The van der Waals surface area contributed by atoms with E-state index in [1.54, 1.807) is 0 Å². The number of hydrogen-bond donors (Lipinski definition) is 0. The molecule has 3 saturated heterocycles. The van der Waals surface area contributed by atoms with Crippen LogP contribution in [0.5, 0.6) is 0 Å². The monoisotopic (exact) mass is 373 g/mol. The molecule has 0 aliphatic carbocycles. The number of aryl methyl sites for hydroxylation is 3. The second kappa shape index (κ2) is 6.93. The summed E-state index contributed by atoms with van der Waals surface area (Å²) >= 11 is 0. The van der Waals surface area contributed by atoms with Gasteiger partial charge in [0.2, 0.25) is 11.8 Å². The molecule has 3 aliphatic heterocycles. The van der Waals surface area contributed by atoms with E-state index in [1.165, 1.54) is 0 Å². The summed E-state index contributed by atoms with van der Waals surface area (Å²) in [6, 6.07) is 2.03. The molecular formula is C20H31N5O2. The lowest BCUT2D eigenvalue weighted by Gasteiger charge is -2.48. The van der Waals surface area contributed by atoms with Crippen molar-refractivity contribution >= 4 is 11.8 Å². The number of nitrogens with zero attached hydrogens (tertiary/aromatic N) is 5. The number of carbonyl (C=O) groups is 2. The first kappa shape index (κ1) is 18.5. The summed E-state index contributed by atoms with van der Waals surface area (Å²) in [6.07, 6.45) is 3.64. The largest absolute Gasteiger partial charge is 0.341 e. The summed E-state index contributed by atoms with van der Waals surface area (Å²) in [6.45, 7) is 8.95. The SMILES string of the molecule is Cc1cc(C)n(CCC(=O)N2CC3(CC(C(=O)N4CCCC4)N(C)C3)C2)n1. The number of rotatable bonds is 4. The van der Waals surface area contributed by atoms with Crippen molar-refractivity contribution in [1.29, 1.82) is 0 Å². The van der Waals surface area contributed by atoms with Crippen LogP contribution >= 0.6 is 0 Å². The Hall–Kier alpha value is -1.89. The van der Waals surface area contributed by atoms with Crippen molar-refractivity contribution in [1.82, 2.24) is 24.5 Å². The van der Waals surface area contributed by atoms with Crippen LogP contribution in [0, 0.1) is 19.3 Å². The minimum absolute atomic E-state index is 0.00458. The molecule has 0 aromatic carbocycles. The van der Waals surface area contributed by atoms with Crippen LogP contribution in [0.1, 0.15) is 37.1 Å². The summed E-state index contributed by atoms with van der Waals surface area (Å²) in [4.78, 5) is 31.5. The van der Waals surface area contributed by atoms with Crippen LogP contribution in [0.4, 0.5) is 0 Å². The fourth-order valence-electron chi connectivity index (χ4n) is 5.12. The van der Waals surface area contributed by atoms with Crippen molar-refractivity contribution in [3.05, 3.63) is 17.5 Å². The van der Waals surface area contributed by atoms with E-state index < -0.39 is 0 Å². The fraction of sp³-hybridized carbons (Fsp3) is 0.750. The van der Waals surface area contributed by atoms with Gasteiger partial charge in [-0.05, 0) is 46.2 Å². The molecule has 0 N–H and O–H groups in total. The normalized spacial score (nSPS) is 24.6. The van der Waals surface area contributed by atoms with E-state index in [0.29, 0.717) is 18.9 Å². The van der Waals surface area contributed by atoms with Crippen molar-refractivity contribution in [2.75, 3.05) is 39.8 Å². The lowest BCUT2D eigenvalue weighted by atomic mass is 9.77.